The summed E-state index contributed by atoms with van der Waals surface area (Å²) in [6.45, 7) is 4.90. The van der Waals surface area contributed by atoms with Gasteiger partial charge in [-0.05, 0) is 51.3 Å². The maximum atomic E-state index is 12.6. The lowest BCUT2D eigenvalue weighted by atomic mass is 9.89. The Kier molecular flexibility index (Phi) is 5.04. The highest BCUT2D eigenvalue weighted by atomic mass is 79.9. The third kappa shape index (κ3) is 3.84. The van der Waals surface area contributed by atoms with Crippen molar-refractivity contribution in [1.29, 1.82) is 0 Å². The van der Waals surface area contributed by atoms with Gasteiger partial charge in [0.15, 0.2) is 0 Å². The Bertz CT molecular complexity index is 537. The molecule has 2 amide bonds. The number of carbonyl (C=O) groups is 2. The molecule has 1 fully saturated rings. The van der Waals surface area contributed by atoms with E-state index in [9.17, 15) is 9.59 Å². The third-order valence-corrected chi connectivity index (χ3v) is 4.32. The summed E-state index contributed by atoms with van der Waals surface area (Å²) >= 11 is 3.37. The zero-order valence-corrected chi connectivity index (χ0v) is 14.1. The van der Waals surface area contributed by atoms with Gasteiger partial charge in [0.25, 0.3) is 0 Å². The van der Waals surface area contributed by atoms with Crippen LogP contribution in [0.2, 0.25) is 0 Å². The number of nitrogens with zero attached hydrogens (tertiary/aromatic N) is 1. The summed E-state index contributed by atoms with van der Waals surface area (Å²) in [4.78, 5) is 26.8. The van der Waals surface area contributed by atoms with Crippen molar-refractivity contribution in [3.63, 3.8) is 0 Å². The molecule has 0 bridgehead atoms. The molecular weight excluding hydrogens is 332 g/mol. The number of rotatable bonds is 3. The van der Waals surface area contributed by atoms with Crippen molar-refractivity contribution in [3.8, 4) is 0 Å². The van der Waals surface area contributed by atoms with Crippen LogP contribution < -0.4 is 5.32 Å². The molecular formula is C16H21BrN2O2. The molecule has 0 aliphatic carbocycles. The number of anilines is 1. The molecule has 5 heteroatoms. The standard InChI is InChI=1S/C16H21BrN2O2/c1-16(2,15(21)19-9-4-3-5-10-19)14(20)18-13-8-6-7-12(17)11-13/h6-8,11H,3-5,9-10H2,1-2H3,(H,18,20). The Morgan fingerprint density at radius 1 is 1.19 bits per heavy atom. The van der Waals surface area contributed by atoms with Crippen molar-refractivity contribution in [2.45, 2.75) is 33.1 Å². The summed E-state index contributed by atoms with van der Waals surface area (Å²) in [6, 6.07) is 7.36. The number of nitrogens with one attached hydrogen (secondary N) is 1. The van der Waals surface area contributed by atoms with Gasteiger partial charge < -0.3 is 10.2 Å². The molecule has 1 N–H and O–H groups in total. The highest BCUT2D eigenvalue weighted by Crippen LogP contribution is 2.25. The largest absolute Gasteiger partial charge is 0.342 e. The average Bonchev–Trinajstić information content (AvgIpc) is 2.47. The van der Waals surface area contributed by atoms with Crippen molar-refractivity contribution >= 4 is 33.4 Å². The first-order valence-corrected chi connectivity index (χ1v) is 8.07. The number of carbonyl (C=O) groups excluding carboxylic acids is 2. The van der Waals surface area contributed by atoms with Crippen LogP contribution in [0, 0.1) is 5.41 Å². The molecule has 2 rings (SSSR count). The van der Waals surface area contributed by atoms with Crippen molar-refractivity contribution in [2.75, 3.05) is 18.4 Å². The van der Waals surface area contributed by atoms with E-state index >= 15 is 0 Å². The molecule has 0 saturated carbocycles. The second-order valence-corrected chi connectivity index (χ2v) is 6.86. The van der Waals surface area contributed by atoms with Crippen LogP contribution in [0.3, 0.4) is 0 Å². The van der Waals surface area contributed by atoms with Gasteiger partial charge in [-0.25, -0.2) is 0 Å². The molecule has 0 atom stereocenters. The Labute approximate surface area is 134 Å². The maximum absolute atomic E-state index is 12.6. The summed E-state index contributed by atoms with van der Waals surface area (Å²) in [5.74, 6) is -0.356. The first-order chi connectivity index (χ1) is 9.91. The number of halogens is 1. The fraction of sp³-hybridized carbons (Fsp3) is 0.500. The monoisotopic (exact) mass is 352 g/mol. The van der Waals surface area contributed by atoms with Crippen LogP contribution in [0.4, 0.5) is 5.69 Å². The second kappa shape index (κ2) is 6.60. The van der Waals surface area contributed by atoms with E-state index in [0.717, 1.165) is 36.8 Å². The Morgan fingerprint density at radius 2 is 1.86 bits per heavy atom. The minimum Gasteiger partial charge on any atom is -0.342 e. The highest BCUT2D eigenvalue weighted by molar-refractivity contribution is 9.10. The van der Waals surface area contributed by atoms with Gasteiger partial charge in [0.1, 0.15) is 5.41 Å². The summed E-state index contributed by atoms with van der Waals surface area (Å²) < 4.78 is 0.889. The Hall–Kier alpha value is -1.36. The molecule has 1 aliphatic rings. The number of amides is 2. The van der Waals surface area contributed by atoms with Gasteiger partial charge in [-0.2, -0.15) is 0 Å². The van der Waals surface area contributed by atoms with Crippen molar-refractivity contribution < 1.29 is 9.59 Å². The van der Waals surface area contributed by atoms with E-state index in [2.05, 4.69) is 21.2 Å². The molecule has 0 unspecified atom stereocenters. The summed E-state index contributed by atoms with van der Waals surface area (Å²) in [6.07, 6.45) is 3.21. The fourth-order valence-electron chi connectivity index (χ4n) is 2.44. The zero-order valence-electron chi connectivity index (χ0n) is 12.5. The SMILES string of the molecule is CC(C)(C(=O)Nc1cccc(Br)c1)C(=O)N1CCCCC1. The minimum atomic E-state index is -1.06. The Morgan fingerprint density at radius 3 is 2.48 bits per heavy atom. The van der Waals surface area contributed by atoms with Crippen molar-refractivity contribution in [2.24, 2.45) is 5.41 Å². The lowest BCUT2D eigenvalue weighted by Crippen LogP contribution is -2.48. The number of piperidine rings is 1. The van der Waals surface area contributed by atoms with Crippen LogP contribution in [0.15, 0.2) is 28.7 Å². The van der Waals surface area contributed by atoms with Crippen LogP contribution >= 0.6 is 15.9 Å². The molecule has 0 spiro atoms. The predicted molar refractivity (Wildman–Crippen MR) is 87.0 cm³/mol. The number of hydrogen-bond acceptors (Lipinski definition) is 2. The lowest BCUT2D eigenvalue weighted by molar-refractivity contribution is -0.147. The first kappa shape index (κ1) is 16.0. The van der Waals surface area contributed by atoms with Crippen LogP contribution in [0.25, 0.3) is 0 Å². The van der Waals surface area contributed by atoms with Crippen molar-refractivity contribution in [1.82, 2.24) is 4.90 Å². The van der Waals surface area contributed by atoms with Gasteiger partial charge >= 0.3 is 0 Å². The molecule has 1 aliphatic heterocycles. The van der Waals surface area contributed by atoms with E-state index in [0.29, 0.717) is 5.69 Å². The van der Waals surface area contributed by atoms with Crippen LogP contribution in [0.1, 0.15) is 33.1 Å². The molecule has 1 aromatic rings. The fourth-order valence-corrected chi connectivity index (χ4v) is 2.84. The maximum Gasteiger partial charge on any atom is 0.239 e. The highest BCUT2D eigenvalue weighted by Gasteiger charge is 2.39. The molecule has 114 valence electrons. The normalized spacial score (nSPS) is 15.7. The molecule has 1 saturated heterocycles. The average molecular weight is 353 g/mol. The summed E-state index contributed by atoms with van der Waals surface area (Å²) in [5.41, 5.74) is -0.367. The first-order valence-electron chi connectivity index (χ1n) is 7.27. The van der Waals surface area contributed by atoms with Gasteiger partial charge in [-0.15, -0.1) is 0 Å². The molecule has 1 aromatic carbocycles. The smallest absolute Gasteiger partial charge is 0.239 e. The van der Waals surface area contributed by atoms with Crippen LogP contribution in [0.5, 0.6) is 0 Å². The van der Waals surface area contributed by atoms with E-state index < -0.39 is 5.41 Å². The summed E-state index contributed by atoms with van der Waals surface area (Å²) in [5, 5.41) is 2.83. The molecule has 4 nitrogen and oxygen atoms in total. The van der Waals surface area contributed by atoms with Crippen molar-refractivity contribution in [3.05, 3.63) is 28.7 Å². The minimum absolute atomic E-state index is 0.0882. The van der Waals surface area contributed by atoms with E-state index in [-0.39, 0.29) is 11.8 Å². The van der Waals surface area contributed by atoms with Crippen LogP contribution in [-0.2, 0) is 9.59 Å². The van der Waals surface area contributed by atoms with E-state index in [1.165, 1.54) is 0 Å². The second-order valence-electron chi connectivity index (χ2n) is 5.94. The molecule has 0 radical (unpaired) electrons. The third-order valence-electron chi connectivity index (χ3n) is 3.83. The Balaban J connectivity index is 2.06. The van der Waals surface area contributed by atoms with Gasteiger partial charge in [0.2, 0.25) is 11.8 Å². The van der Waals surface area contributed by atoms with E-state index in [4.69, 9.17) is 0 Å². The van der Waals surface area contributed by atoms with Gasteiger partial charge in [-0.3, -0.25) is 9.59 Å². The van der Waals surface area contributed by atoms with E-state index in [1.807, 2.05) is 29.2 Å². The summed E-state index contributed by atoms with van der Waals surface area (Å²) in [7, 11) is 0. The van der Waals surface area contributed by atoms with Gasteiger partial charge in [0, 0.05) is 23.2 Å². The topological polar surface area (TPSA) is 49.4 Å². The number of likely N-dealkylation sites (tertiary alicyclic amines) is 1. The van der Waals surface area contributed by atoms with Gasteiger partial charge in [0.05, 0.1) is 0 Å². The quantitative estimate of drug-likeness (QED) is 0.847. The zero-order chi connectivity index (χ0) is 15.5. The predicted octanol–water partition coefficient (Wildman–Crippen LogP) is 3.43. The van der Waals surface area contributed by atoms with Crippen LogP contribution in [-0.4, -0.2) is 29.8 Å². The van der Waals surface area contributed by atoms with Gasteiger partial charge in [-0.1, -0.05) is 22.0 Å². The number of benzene rings is 1. The molecule has 21 heavy (non-hydrogen) atoms. The van der Waals surface area contributed by atoms with E-state index in [1.54, 1.807) is 13.8 Å². The lowest BCUT2D eigenvalue weighted by Gasteiger charge is -2.33. The number of hydrogen-bond donors (Lipinski definition) is 1. The molecule has 0 aromatic heterocycles. The molecule has 1 heterocycles.